The molecule has 1 amide bonds. The second kappa shape index (κ2) is 4.98. The fraction of sp³-hybridized carbons (Fsp3) is 0.300. The Balaban J connectivity index is 2.31. The number of benzene rings is 1. The van der Waals surface area contributed by atoms with Crippen LogP contribution < -0.4 is 4.90 Å². The van der Waals surface area contributed by atoms with Crippen molar-refractivity contribution in [1.29, 1.82) is 0 Å². The minimum atomic E-state index is -4.81. The monoisotopic (exact) mass is 322 g/mol. The van der Waals surface area contributed by atoms with E-state index >= 15 is 0 Å². The normalized spacial score (nSPS) is 19.4. The highest BCUT2D eigenvalue weighted by atomic mass is 35.5. The van der Waals surface area contributed by atoms with E-state index in [9.17, 15) is 27.2 Å². The zero-order valence-corrected chi connectivity index (χ0v) is 11.4. The zero-order chi connectivity index (χ0) is 15.1. The Labute approximate surface area is 118 Å². The summed E-state index contributed by atoms with van der Waals surface area (Å²) < 4.78 is 34.5. The molecule has 108 valence electrons. The lowest BCUT2D eigenvalue weighted by atomic mass is 10.2. The van der Waals surface area contributed by atoms with E-state index < -0.39 is 32.7 Å². The fourth-order valence-corrected chi connectivity index (χ4v) is 2.84. The standard InChI is InChI=1S/C10H8ClFN2O5S/c11-8-3-6(1-2-9(8)14(16)17)13-5-7(4-10(13)15)20(12,18)19/h1-3,7H,4-5H2. The molecule has 1 unspecified atom stereocenters. The Morgan fingerprint density at radius 3 is 2.55 bits per heavy atom. The number of hydrogen-bond donors (Lipinski definition) is 0. The van der Waals surface area contributed by atoms with Crippen LogP contribution in [-0.2, 0) is 15.0 Å². The third-order valence-corrected chi connectivity index (χ3v) is 4.34. The average molecular weight is 323 g/mol. The number of nitrogens with zero attached hydrogens (tertiary/aromatic N) is 2. The van der Waals surface area contributed by atoms with Crippen LogP contribution in [0.2, 0.25) is 5.02 Å². The maximum atomic E-state index is 12.9. The SMILES string of the molecule is O=C1CC(S(=O)(=O)F)CN1c1ccc([N+](=O)[O-])c(Cl)c1. The van der Waals surface area contributed by atoms with E-state index in [1.165, 1.54) is 12.1 Å². The average Bonchev–Trinajstić information content (AvgIpc) is 2.70. The summed E-state index contributed by atoms with van der Waals surface area (Å²) in [7, 11) is -4.81. The van der Waals surface area contributed by atoms with E-state index in [-0.39, 0.29) is 22.9 Å². The Morgan fingerprint density at radius 1 is 1.45 bits per heavy atom. The van der Waals surface area contributed by atoms with Gasteiger partial charge in [0.2, 0.25) is 5.91 Å². The molecule has 1 atom stereocenters. The number of rotatable bonds is 3. The number of carbonyl (C=O) groups is 1. The van der Waals surface area contributed by atoms with Crippen LogP contribution in [0.4, 0.5) is 15.3 Å². The summed E-state index contributed by atoms with van der Waals surface area (Å²) in [6.45, 7) is -0.341. The van der Waals surface area contributed by atoms with Crippen molar-refractivity contribution < 1.29 is 22.0 Å². The Morgan fingerprint density at radius 2 is 2.10 bits per heavy atom. The third kappa shape index (κ3) is 2.73. The van der Waals surface area contributed by atoms with Crippen LogP contribution in [0.1, 0.15) is 6.42 Å². The molecular weight excluding hydrogens is 315 g/mol. The Bertz CT molecular complexity index is 693. The van der Waals surface area contributed by atoms with E-state index in [2.05, 4.69) is 0 Å². The number of halogens is 2. The molecule has 20 heavy (non-hydrogen) atoms. The molecule has 1 aromatic carbocycles. The predicted octanol–water partition coefficient (Wildman–Crippen LogP) is 1.65. The highest BCUT2D eigenvalue weighted by molar-refractivity contribution is 7.87. The first-order valence-corrected chi connectivity index (χ1v) is 7.20. The van der Waals surface area contributed by atoms with Crippen molar-refractivity contribution in [2.75, 3.05) is 11.4 Å². The molecule has 1 heterocycles. The van der Waals surface area contributed by atoms with Gasteiger partial charge in [-0.1, -0.05) is 11.6 Å². The van der Waals surface area contributed by atoms with Gasteiger partial charge in [0.05, 0.1) is 4.92 Å². The van der Waals surface area contributed by atoms with Gasteiger partial charge in [-0.2, -0.15) is 8.42 Å². The zero-order valence-electron chi connectivity index (χ0n) is 9.82. The predicted molar refractivity (Wildman–Crippen MR) is 68.9 cm³/mol. The molecule has 1 aliphatic rings. The second-order valence-electron chi connectivity index (χ2n) is 4.20. The van der Waals surface area contributed by atoms with Gasteiger partial charge in [0.15, 0.2) is 0 Å². The van der Waals surface area contributed by atoms with Gasteiger partial charge in [-0.3, -0.25) is 14.9 Å². The van der Waals surface area contributed by atoms with Gasteiger partial charge in [-0.05, 0) is 12.1 Å². The maximum absolute atomic E-state index is 12.9. The van der Waals surface area contributed by atoms with E-state index in [0.717, 1.165) is 11.0 Å². The smallest absolute Gasteiger partial charge is 0.307 e. The molecule has 1 fully saturated rings. The highest BCUT2D eigenvalue weighted by Crippen LogP contribution is 2.32. The summed E-state index contributed by atoms with van der Waals surface area (Å²) in [5.74, 6) is -0.582. The van der Waals surface area contributed by atoms with Gasteiger partial charge in [-0.15, -0.1) is 3.89 Å². The van der Waals surface area contributed by atoms with Crippen LogP contribution in [0.5, 0.6) is 0 Å². The molecule has 2 rings (SSSR count). The van der Waals surface area contributed by atoms with E-state index in [1.807, 2.05) is 0 Å². The quantitative estimate of drug-likeness (QED) is 0.479. The molecule has 0 radical (unpaired) electrons. The van der Waals surface area contributed by atoms with Crippen molar-refractivity contribution in [2.24, 2.45) is 0 Å². The lowest BCUT2D eigenvalue weighted by Crippen LogP contribution is -2.26. The van der Waals surface area contributed by atoms with Gasteiger partial charge in [-0.25, -0.2) is 0 Å². The molecule has 0 aliphatic carbocycles. The number of nitro groups is 1. The van der Waals surface area contributed by atoms with Crippen molar-refractivity contribution in [1.82, 2.24) is 0 Å². The summed E-state index contributed by atoms with van der Waals surface area (Å²) in [4.78, 5) is 22.6. The Hall–Kier alpha value is -1.74. The highest BCUT2D eigenvalue weighted by Gasteiger charge is 2.39. The van der Waals surface area contributed by atoms with E-state index in [1.54, 1.807) is 0 Å². The third-order valence-electron chi connectivity index (χ3n) is 2.93. The first kappa shape index (κ1) is 14.7. The van der Waals surface area contributed by atoms with Gasteiger partial charge in [0.1, 0.15) is 10.3 Å². The molecular formula is C10H8ClFN2O5S. The van der Waals surface area contributed by atoms with Crippen molar-refractivity contribution in [3.8, 4) is 0 Å². The summed E-state index contributed by atoms with van der Waals surface area (Å²) in [6.07, 6.45) is -0.465. The first-order valence-electron chi connectivity index (χ1n) is 5.38. The first-order chi connectivity index (χ1) is 9.20. The second-order valence-corrected chi connectivity index (χ2v) is 6.22. The molecule has 0 N–H and O–H groups in total. The van der Waals surface area contributed by atoms with Crippen molar-refractivity contribution >= 4 is 39.1 Å². The lowest BCUT2D eigenvalue weighted by molar-refractivity contribution is -0.384. The van der Waals surface area contributed by atoms with Crippen LogP contribution >= 0.6 is 11.6 Å². The van der Waals surface area contributed by atoms with Crippen molar-refractivity contribution in [3.63, 3.8) is 0 Å². The summed E-state index contributed by atoms with van der Waals surface area (Å²) in [5.41, 5.74) is -0.145. The minimum Gasteiger partial charge on any atom is -0.311 e. The number of amides is 1. The van der Waals surface area contributed by atoms with Crippen molar-refractivity contribution in [3.05, 3.63) is 33.3 Å². The van der Waals surface area contributed by atoms with Crippen LogP contribution in [0.25, 0.3) is 0 Å². The van der Waals surface area contributed by atoms with Crippen molar-refractivity contribution in [2.45, 2.75) is 11.7 Å². The Kier molecular flexibility index (Phi) is 3.65. The molecule has 1 saturated heterocycles. The topological polar surface area (TPSA) is 97.6 Å². The molecule has 0 aromatic heterocycles. The van der Waals surface area contributed by atoms with Gasteiger partial charge >= 0.3 is 10.2 Å². The molecule has 0 bridgehead atoms. The largest absolute Gasteiger partial charge is 0.311 e. The molecule has 1 aliphatic heterocycles. The summed E-state index contributed by atoms with van der Waals surface area (Å²) >= 11 is 5.70. The number of hydrogen-bond acceptors (Lipinski definition) is 5. The van der Waals surface area contributed by atoms with Crippen LogP contribution in [0.15, 0.2) is 18.2 Å². The lowest BCUT2D eigenvalue weighted by Gasteiger charge is -2.16. The molecule has 0 spiro atoms. The molecule has 7 nitrogen and oxygen atoms in total. The van der Waals surface area contributed by atoms with Gasteiger partial charge in [0, 0.05) is 24.7 Å². The van der Waals surface area contributed by atoms with Crippen LogP contribution in [-0.4, -0.2) is 31.0 Å². The summed E-state index contributed by atoms with van der Waals surface area (Å²) in [6, 6.07) is 3.53. The maximum Gasteiger partial charge on any atom is 0.307 e. The number of nitro benzene ring substituents is 1. The fourth-order valence-electron chi connectivity index (χ4n) is 1.92. The van der Waals surface area contributed by atoms with Crippen LogP contribution in [0.3, 0.4) is 0 Å². The van der Waals surface area contributed by atoms with E-state index in [4.69, 9.17) is 11.6 Å². The minimum absolute atomic E-state index is 0.188. The van der Waals surface area contributed by atoms with Gasteiger partial charge in [0.25, 0.3) is 5.69 Å². The molecule has 1 aromatic rings. The van der Waals surface area contributed by atoms with Crippen LogP contribution in [0, 0.1) is 10.1 Å². The van der Waals surface area contributed by atoms with Gasteiger partial charge < -0.3 is 4.90 Å². The molecule has 10 heteroatoms. The van der Waals surface area contributed by atoms with E-state index in [0.29, 0.717) is 0 Å². The number of carbonyl (C=O) groups excluding carboxylic acids is 1. The summed E-state index contributed by atoms with van der Waals surface area (Å²) in [5, 5.41) is 9.00. The number of anilines is 1. The molecule has 0 saturated carbocycles.